The molecule has 0 aliphatic heterocycles. The van der Waals surface area contributed by atoms with Crippen molar-refractivity contribution in [2.45, 2.75) is 0 Å². The second-order valence-electron chi connectivity index (χ2n) is 2.14. The van der Waals surface area contributed by atoms with Crippen molar-refractivity contribution in [3.05, 3.63) is 6.20 Å². The number of nitrogens with two attached hydrogens (primary N) is 1. The normalized spacial score (nSPS) is 9.69. The van der Waals surface area contributed by atoms with Crippen LogP contribution in [-0.2, 0) is 0 Å². The lowest BCUT2D eigenvalue weighted by atomic mass is 10.5. The van der Waals surface area contributed by atoms with Gasteiger partial charge in [0.1, 0.15) is 13.3 Å². The average Bonchev–Trinajstić information content (AvgIpc) is 2.16. The van der Waals surface area contributed by atoms with Gasteiger partial charge in [-0.25, -0.2) is 9.37 Å². The van der Waals surface area contributed by atoms with Gasteiger partial charge in [0.15, 0.2) is 5.75 Å². The van der Waals surface area contributed by atoms with Gasteiger partial charge in [-0.15, -0.1) is 0 Å². The third-order valence-corrected chi connectivity index (χ3v) is 1.27. The van der Waals surface area contributed by atoms with E-state index in [1.54, 1.807) is 0 Å². The number of methoxy groups -OCH3 is 1. The van der Waals surface area contributed by atoms with E-state index in [1.807, 2.05) is 0 Å². The zero-order valence-corrected chi connectivity index (χ0v) is 7.16. The number of alkyl halides is 1. The number of rotatable bonds is 4. The molecule has 13 heavy (non-hydrogen) atoms. The van der Waals surface area contributed by atoms with Gasteiger partial charge >= 0.3 is 0 Å². The van der Waals surface area contributed by atoms with E-state index in [9.17, 15) is 4.39 Å². The van der Waals surface area contributed by atoms with Gasteiger partial charge in [-0.2, -0.15) is 4.98 Å². The summed E-state index contributed by atoms with van der Waals surface area (Å²) in [5.74, 6) is 0.583. The Balaban J connectivity index is 2.79. The Morgan fingerprint density at radius 1 is 1.62 bits per heavy atom. The van der Waals surface area contributed by atoms with Gasteiger partial charge in [-0.3, -0.25) is 0 Å². The third kappa shape index (κ3) is 2.43. The van der Waals surface area contributed by atoms with Crippen LogP contribution in [0.1, 0.15) is 0 Å². The summed E-state index contributed by atoms with van der Waals surface area (Å²) in [7, 11) is 1.42. The van der Waals surface area contributed by atoms with Gasteiger partial charge in [0.25, 0.3) is 5.88 Å². The molecule has 1 aromatic rings. The molecule has 0 aliphatic carbocycles. The fourth-order valence-corrected chi connectivity index (χ4v) is 0.762. The van der Waals surface area contributed by atoms with E-state index in [2.05, 4.69) is 9.97 Å². The molecule has 5 nitrogen and oxygen atoms in total. The fourth-order valence-electron chi connectivity index (χ4n) is 0.762. The Hall–Kier alpha value is -1.59. The number of ether oxygens (including phenoxy) is 2. The highest BCUT2D eigenvalue weighted by Crippen LogP contribution is 2.23. The first-order valence-corrected chi connectivity index (χ1v) is 3.63. The van der Waals surface area contributed by atoms with E-state index >= 15 is 0 Å². The number of hydrogen-bond donors (Lipinski definition) is 1. The minimum Gasteiger partial charge on any atom is -0.484 e. The molecule has 1 heterocycles. The largest absolute Gasteiger partial charge is 0.484 e. The van der Waals surface area contributed by atoms with Crippen molar-refractivity contribution in [2.24, 2.45) is 0 Å². The van der Waals surface area contributed by atoms with Crippen molar-refractivity contribution >= 4 is 5.95 Å². The summed E-state index contributed by atoms with van der Waals surface area (Å²) in [6, 6.07) is 0. The second-order valence-corrected chi connectivity index (χ2v) is 2.14. The van der Waals surface area contributed by atoms with Gasteiger partial charge in [0, 0.05) is 0 Å². The van der Waals surface area contributed by atoms with Crippen molar-refractivity contribution in [3.63, 3.8) is 0 Å². The smallest absolute Gasteiger partial charge is 0.261 e. The fraction of sp³-hybridized carbons (Fsp3) is 0.429. The lowest BCUT2D eigenvalue weighted by Gasteiger charge is -2.07. The van der Waals surface area contributed by atoms with Crippen molar-refractivity contribution in [1.82, 2.24) is 9.97 Å². The van der Waals surface area contributed by atoms with E-state index in [4.69, 9.17) is 15.2 Å². The summed E-state index contributed by atoms with van der Waals surface area (Å²) in [5, 5.41) is 0. The molecular weight excluding hydrogens is 177 g/mol. The Morgan fingerprint density at radius 2 is 2.38 bits per heavy atom. The molecule has 1 aromatic heterocycles. The van der Waals surface area contributed by atoms with E-state index in [-0.39, 0.29) is 24.2 Å². The van der Waals surface area contributed by atoms with E-state index in [1.165, 1.54) is 13.3 Å². The van der Waals surface area contributed by atoms with Crippen molar-refractivity contribution in [1.29, 1.82) is 0 Å². The monoisotopic (exact) mass is 187 g/mol. The molecule has 72 valence electrons. The van der Waals surface area contributed by atoms with Gasteiger partial charge in [0.05, 0.1) is 13.3 Å². The predicted molar refractivity (Wildman–Crippen MR) is 44.5 cm³/mol. The van der Waals surface area contributed by atoms with Crippen LogP contribution in [0.4, 0.5) is 10.3 Å². The molecule has 0 atom stereocenters. The van der Waals surface area contributed by atoms with Crippen LogP contribution in [0.2, 0.25) is 0 Å². The maximum absolute atomic E-state index is 11.8. The zero-order chi connectivity index (χ0) is 9.68. The molecule has 0 spiro atoms. The van der Waals surface area contributed by atoms with Crippen LogP contribution in [0.3, 0.4) is 0 Å². The molecule has 0 aliphatic rings. The van der Waals surface area contributed by atoms with Gasteiger partial charge < -0.3 is 15.2 Å². The maximum Gasteiger partial charge on any atom is 0.261 e. The summed E-state index contributed by atoms with van der Waals surface area (Å²) < 4.78 is 21.6. The molecule has 0 radical (unpaired) electrons. The van der Waals surface area contributed by atoms with Crippen LogP contribution < -0.4 is 15.2 Å². The molecule has 0 saturated heterocycles. The number of nitrogens with zero attached hydrogens (tertiary/aromatic N) is 2. The summed E-state index contributed by atoms with van der Waals surface area (Å²) in [6.07, 6.45) is 1.34. The molecule has 6 heteroatoms. The SMILES string of the molecule is COc1nc(N)ncc1OCCF. The highest BCUT2D eigenvalue weighted by molar-refractivity contribution is 5.35. The van der Waals surface area contributed by atoms with Gasteiger partial charge in [-0.05, 0) is 0 Å². The van der Waals surface area contributed by atoms with E-state index in [0.29, 0.717) is 0 Å². The molecule has 0 unspecified atom stereocenters. The Morgan fingerprint density at radius 3 is 3.00 bits per heavy atom. The molecule has 2 N–H and O–H groups in total. The molecule has 0 aromatic carbocycles. The van der Waals surface area contributed by atoms with Crippen LogP contribution in [0.15, 0.2) is 6.20 Å². The topological polar surface area (TPSA) is 70.3 Å². The molecular formula is C7H10FN3O2. The Labute approximate surface area is 74.7 Å². The minimum absolute atomic E-state index is 0.0519. The van der Waals surface area contributed by atoms with Gasteiger partial charge in [0.2, 0.25) is 5.95 Å². The average molecular weight is 187 g/mol. The summed E-state index contributed by atoms with van der Waals surface area (Å²) in [4.78, 5) is 7.42. The molecule has 0 fully saturated rings. The first-order chi connectivity index (χ1) is 6.27. The molecule has 0 amide bonds. The van der Waals surface area contributed by atoms with Crippen LogP contribution in [0.25, 0.3) is 0 Å². The quantitative estimate of drug-likeness (QED) is 0.739. The number of aromatic nitrogens is 2. The zero-order valence-electron chi connectivity index (χ0n) is 7.16. The number of nitrogen functional groups attached to an aromatic ring is 1. The molecule has 1 rings (SSSR count). The lowest BCUT2D eigenvalue weighted by Crippen LogP contribution is -2.04. The number of halogens is 1. The van der Waals surface area contributed by atoms with Crippen molar-refractivity contribution in [2.75, 3.05) is 26.1 Å². The molecule has 0 saturated carbocycles. The number of anilines is 1. The van der Waals surface area contributed by atoms with Crippen molar-refractivity contribution in [3.8, 4) is 11.6 Å². The predicted octanol–water partition coefficient (Wildman–Crippen LogP) is 0.416. The Kier molecular flexibility index (Phi) is 3.24. The van der Waals surface area contributed by atoms with Gasteiger partial charge in [-0.1, -0.05) is 0 Å². The van der Waals surface area contributed by atoms with Crippen molar-refractivity contribution < 1.29 is 13.9 Å². The van der Waals surface area contributed by atoms with Crippen LogP contribution in [-0.4, -0.2) is 30.4 Å². The highest BCUT2D eigenvalue weighted by Gasteiger charge is 2.06. The van der Waals surface area contributed by atoms with Crippen LogP contribution in [0.5, 0.6) is 11.6 Å². The van der Waals surface area contributed by atoms with Crippen LogP contribution >= 0.6 is 0 Å². The summed E-state index contributed by atoms with van der Waals surface area (Å²) >= 11 is 0. The number of hydrogen-bond acceptors (Lipinski definition) is 5. The maximum atomic E-state index is 11.8. The molecule has 0 bridgehead atoms. The first-order valence-electron chi connectivity index (χ1n) is 3.63. The first kappa shape index (κ1) is 9.50. The van der Waals surface area contributed by atoms with E-state index < -0.39 is 6.67 Å². The third-order valence-electron chi connectivity index (χ3n) is 1.27. The second kappa shape index (κ2) is 4.44. The van der Waals surface area contributed by atoms with E-state index in [0.717, 1.165) is 0 Å². The highest BCUT2D eigenvalue weighted by atomic mass is 19.1. The summed E-state index contributed by atoms with van der Waals surface area (Å²) in [5.41, 5.74) is 5.30. The summed E-state index contributed by atoms with van der Waals surface area (Å²) in [6.45, 7) is -0.628. The minimum atomic E-state index is -0.576. The lowest BCUT2D eigenvalue weighted by molar-refractivity contribution is 0.256. The standard InChI is InChI=1S/C7H10FN3O2/c1-12-6-5(13-3-2-8)4-10-7(9)11-6/h4H,2-3H2,1H3,(H2,9,10,11). The Bertz CT molecular complexity index is 282. The van der Waals surface area contributed by atoms with Crippen LogP contribution in [0, 0.1) is 0 Å².